The number of methoxy groups -OCH3 is 1. The van der Waals surface area contributed by atoms with Crippen molar-refractivity contribution in [2.75, 3.05) is 7.11 Å². The lowest BCUT2D eigenvalue weighted by Gasteiger charge is -2.09. The maximum absolute atomic E-state index is 12.9. The van der Waals surface area contributed by atoms with Gasteiger partial charge in [-0.1, -0.05) is 47.6 Å². The smallest absolute Gasteiger partial charge is 0.339 e. The Labute approximate surface area is 157 Å². The number of oxime groups is 1. The molecule has 2 rings (SSSR count). The van der Waals surface area contributed by atoms with Crippen molar-refractivity contribution in [3.63, 3.8) is 0 Å². The Morgan fingerprint density at radius 2 is 1.89 bits per heavy atom. The quantitative estimate of drug-likeness (QED) is 0.322. The second kappa shape index (κ2) is 9.91. The third-order valence-electron chi connectivity index (χ3n) is 3.59. The number of carbonyl (C=O) groups is 1. The van der Waals surface area contributed by atoms with Crippen LogP contribution in [0.5, 0.6) is 0 Å². The average molecular weight is 369 g/mol. The Morgan fingerprint density at radius 1 is 1.19 bits per heavy atom. The van der Waals surface area contributed by atoms with Crippen molar-refractivity contribution in [2.45, 2.75) is 13.5 Å². The molecule has 0 saturated carbocycles. The van der Waals surface area contributed by atoms with Crippen LogP contribution in [-0.4, -0.2) is 23.9 Å². The summed E-state index contributed by atoms with van der Waals surface area (Å²) in [6.07, 6.45) is 4.72. The number of allylic oxidation sites excluding steroid dienone is 1. The second-order valence-electron chi connectivity index (χ2n) is 5.62. The van der Waals surface area contributed by atoms with Gasteiger partial charge < -0.3 is 14.7 Å². The lowest BCUT2D eigenvalue weighted by Crippen LogP contribution is -2.04. The zero-order valence-corrected chi connectivity index (χ0v) is 15.1. The summed E-state index contributed by atoms with van der Waals surface area (Å²) in [4.78, 5) is 16.8. The van der Waals surface area contributed by atoms with Gasteiger partial charge in [0.1, 0.15) is 18.0 Å². The van der Waals surface area contributed by atoms with Gasteiger partial charge in [0.25, 0.3) is 0 Å². The van der Waals surface area contributed by atoms with Gasteiger partial charge in [-0.3, -0.25) is 0 Å². The summed E-state index contributed by atoms with van der Waals surface area (Å²) in [5.41, 5.74) is 2.66. The van der Waals surface area contributed by atoms with Crippen LogP contribution >= 0.6 is 0 Å². The number of ether oxygens (including phenoxy) is 1. The highest BCUT2D eigenvalue weighted by molar-refractivity contribution is 6.15. The third kappa shape index (κ3) is 6.11. The lowest BCUT2D eigenvalue weighted by molar-refractivity contribution is -0.130. The van der Waals surface area contributed by atoms with E-state index in [0.717, 1.165) is 5.56 Å². The first-order chi connectivity index (χ1) is 13.0. The molecule has 0 aromatic heterocycles. The molecule has 0 bridgehead atoms. The van der Waals surface area contributed by atoms with E-state index in [-0.39, 0.29) is 18.0 Å². The van der Waals surface area contributed by atoms with Gasteiger partial charge in [0.2, 0.25) is 0 Å². The predicted molar refractivity (Wildman–Crippen MR) is 102 cm³/mol. The van der Waals surface area contributed by atoms with Crippen LogP contribution in [0, 0.1) is 5.82 Å². The van der Waals surface area contributed by atoms with E-state index in [1.807, 2.05) is 0 Å². The third-order valence-corrected chi connectivity index (χ3v) is 3.59. The minimum absolute atomic E-state index is 0.0357. The van der Waals surface area contributed by atoms with Crippen LogP contribution in [-0.2, 0) is 21.0 Å². The Balaban J connectivity index is 2.06. The molecule has 140 valence electrons. The number of aliphatic carboxylic acids is 1. The number of hydrogen-bond acceptors (Lipinski definition) is 4. The Kier molecular flexibility index (Phi) is 7.31. The van der Waals surface area contributed by atoms with E-state index in [0.29, 0.717) is 16.8 Å². The number of carboxylic acid groups (broad SMARTS) is 1. The van der Waals surface area contributed by atoms with Crippen LogP contribution < -0.4 is 0 Å². The summed E-state index contributed by atoms with van der Waals surface area (Å²) in [6.45, 7) is 1.87. The minimum atomic E-state index is -1.09. The number of rotatable bonds is 8. The number of hydrogen-bond donors (Lipinski definition) is 1. The predicted octanol–water partition coefficient (Wildman–Crippen LogP) is 4.50. The first kappa shape index (κ1) is 19.9. The van der Waals surface area contributed by atoms with Crippen LogP contribution in [0.25, 0.3) is 11.6 Å². The molecular weight excluding hydrogens is 349 g/mol. The van der Waals surface area contributed by atoms with Crippen LogP contribution in [0.4, 0.5) is 4.39 Å². The molecule has 27 heavy (non-hydrogen) atoms. The van der Waals surface area contributed by atoms with Gasteiger partial charge in [-0.15, -0.1) is 0 Å². The molecule has 1 N–H and O–H groups in total. The summed E-state index contributed by atoms with van der Waals surface area (Å²) >= 11 is 0. The lowest BCUT2D eigenvalue weighted by atomic mass is 10.0. The molecule has 0 heterocycles. The van der Waals surface area contributed by atoms with Crippen LogP contribution in [0.15, 0.2) is 66.0 Å². The van der Waals surface area contributed by atoms with Gasteiger partial charge in [-0.2, -0.15) is 0 Å². The largest absolute Gasteiger partial charge is 0.503 e. The molecule has 6 heteroatoms. The minimum Gasteiger partial charge on any atom is -0.503 e. The highest BCUT2D eigenvalue weighted by atomic mass is 19.1. The van der Waals surface area contributed by atoms with Crippen molar-refractivity contribution in [3.8, 4) is 0 Å². The van der Waals surface area contributed by atoms with Crippen molar-refractivity contribution in [1.29, 1.82) is 0 Å². The molecule has 0 radical (unpaired) electrons. The van der Waals surface area contributed by atoms with Gasteiger partial charge in [-0.25, -0.2) is 9.18 Å². The van der Waals surface area contributed by atoms with Gasteiger partial charge in [-0.05, 0) is 36.3 Å². The number of halogens is 1. The molecule has 2 aromatic rings. The standard InChI is InChI=1S/C21H20FNO4/c1-15(7-8-16-9-11-18(22)12-10-16)23-27-13-17-5-3-4-6-19(17)20(14-26-2)21(24)25/h3-12,14H,13H2,1-2H3,(H,24,25). The molecule has 0 spiro atoms. The van der Waals surface area contributed by atoms with Crippen molar-refractivity contribution in [1.82, 2.24) is 0 Å². The normalized spacial score (nSPS) is 12.3. The first-order valence-corrected chi connectivity index (χ1v) is 8.16. The number of carboxylic acids is 1. The number of nitrogens with zero attached hydrogens (tertiary/aromatic N) is 1. The SMILES string of the molecule is COC=C(C(=O)O)c1ccccc1CON=C(C)C=Cc1ccc(F)cc1. The highest BCUT2D eigenvalue weighted by Gasteiger charge is 2.15. The van der Waals surface area contributed by atoms with E-state index < -0.39 is 5.97 Å². The molecule has 0 saturated heterocycles. The summed E-state index contributed by atoms with van der Waals surface area (Å²) < 4.78 is 17.7. The van der Waals surface area contributed by atoms with Crippen molar-refractivity contribution >= 4 is 23.3 Å². The topological polar surface area (TPSA) is 68.1 Å². The summed E-state index contributed by atoms with van der Waals surface area (Å²) in [5.74, 6) is -1.38. The Bertz CT molecular complexity index is 870. The highest BCUT2D eigenvalue weighted by Crippen LogP contribution is 2.20. The molecule has 0 aliphatic rings. The van der Waals surface area contributed by atoms with Gasteiger partial charge >= 0.3 is 5.97 Å². The van der Waals surface area contributed by atoms with Gasteiger partial charge in [0.05, 0.1) is 19.1 Å². The molecule has 0 unspecified atom stereocenters. The summed E-state index contributed by atoms with van der Waals surface area (Å²) in [6, 6.07) is 13.1. The van der Waals surface area contributed by atoms with E-state index in [4.69, 9.17) is 9.57 Å². The fraction of sp³-hybridized carbons (Fsp3) is 0.143. The van der Waals surface area contributed by atoms with E-state index in [1.54, 1.807) is 55.5 Å². The van der Waals surface area contributed by atoms with Crippen molar-refractivity contribution in [2.24, 2.45) is 5.16 Å². The summed E-state index contributed by atoms with van der Waals surface area (Å²) in [5, 5.41) is 13.3. The molecular formula is C21H20FNO4. The van der Waals surface area contributed by atoms with Crippen LogP contribution in [0.1, 0.15) is 23.6 Å². The average Bonchev–Trinajstić information content (AvgIpc) is 2.66. The van der Waals surface area contributed by atoms with E-state index in [1.165, 1.54) is 25.5 Å². The monoisotopic (exact) mass is 369 g/mol. The maximum atomic E-state index is 12.9. The van der Waals surface area contributed by atoms with E-state index in [2.05, 4.69) is 5.16 Å². The summed E-state index contributed by atoms with van der Waals surface area (Å²) in [7, 11) is 1.39. The number of benzene rings is 2. The van der Waals surface area contributed by atoms with E-state index >= 15 is 0 Å². The maximum Gasteiger partial charge on any atom is 0.339 e. The zero-order chi connectivity index (χ0) is 19.6. The van der Waals surface area contributed by atoms with Crippen LogP contribution in [0.3, 0.4) is 0 Å². The Hall–Kier alpha value is -3.41. The molecule has 0 atom stereocenters. The van der Waals surface area contributed by atoms with E-state index in [9.17, 15) is 14.3 Å². The second-order valence-corrected chi connectivity index (χ2v) is 5.62. The molecule has 0 amide bonds. The Morgan fingerprint density at radius 3 is 2.56 bits per heavy atom. The molecule has 0 aliphatic carbocycles. The molecule has 2 aromatic carbocycles. The molecule has 0 fully saturated rings. The fourth-order valence-corrected chi connectivity index (χ4v) is 2.28. The van der Waals surface area contributed by atoms with Gasteiger partial charge in [0, 0.05) is 5.56 Å². The first-order valence-electron chi connectivity index (χ1n) is 8.16. The molecule has 5 nitrogen and oxygen atoms in total. The van der Waals surface area contributed by atoms with Crippen molar-refractivity contribution < 1.29 is 23.9 Å². The van der Waals surface area contributed by atoms with Gasteiger partial charge in [0.15, 0.2) is 0 Å². The van der Waals surface area contributed by atoms with Crippen LogP contribution in [0.2, 0.25) is 0 Å². The van der Waals surface area contributed by atoms with Crippen molar-refractivity contribution in [3.05, 3.63) is 83.4 Å². The fourth-order valence-electron chi connectivity index (χ4n) is 2.28. The molecule has 0 aliphatic heterocycles. The zero-order valence-electron chi connectivity index (χ0n) is 15.1.